The lowest BCUT2D eigenvalue weighted by molar-refractivity contribution is -0.874. The molecule has 10 nitrogen and oxygen atoms in total. The third-order valence-electron chi connectivity index (χ3n) is 5.66. The van der Waals surface area contributed by atoms with Crippen molar-refractivity contribution in [3.63, 3.8) is 0 Å². The number of carbonyl (C=O) groups is 2. The van der Waals surface area contributed by atoms with Crippen molar-refractivity contribution in [1.29, 1.82) is 0 Å². The Bertz CT molecular complexity index is 1290. The number of methoxy groups -OCH3 is 1. The van der Waals surface area contributed by atoms with Crippen LogP contribution in [0.25, 0.3) is 11.1 Å². The lowest BCUT2D eigenvalue weighted by Crippen LogP contribution is -2.40. The molecule has 1 atom stereocenters. The first-order chi connectivity index (χ1) is 17.0. The SMILES string of the molecule is COC(=O)c1c(C)nc(C)c(C(=O)OCC[N+](C)([O-])Cc2ccccc2)c1-c1cccc([N+](=O)[O-])c1. The predicted molar refractivity (Wildman–Crippen MR) is 132 cm³/mol. The third kappa shape index (κ3) is 6.09. The highest BCUT2D eigenvalue weighted by atomic mass is 16.6. The number of ether oxygens (including phenoxy) is 2. The monoisotopic (exact) mass is 493 g/mol. The van der Waals surface area contributed by atoms with Crippen LogP contribution in [0.1, 0.15) is 37.7 Å². The van der Waals surface area contributed by atoms with Gasteiger partial charge in [0.05, 0.1) is 41.6 Å². The summed E-state index contributed by atoms with van der Waals surface area (Å²) in [5.41, 5.74) is 1.58. The molecule has 0 saturated carbocycles. The summed E-state index contributed by atoms with van der Waals surface area (Å²) < 4.78 is 9.70. The number of quaternary nitrogens is 1. The maximum Gasteiger partial charge on any atom is 0.340 e. The molecule has 0 saturated heterocycles. The average Bonchev–Trinajstić information content (AvgIpc) is 2.83. The molecule has 0 fully saturated rings. The van der Waals surface area contributed by atoms with E-state index in [-0.39, 0.29) is 53.3 Å². The molecule has 1 unspecified atom stereocenters. The van der Waals surface area contributed by atoms with E-state index in [0.29, 0.717) is 5.69 Å². The van der Waals surface area contributed by atoms with E-state index in [1.54, 1.807) is 19.9 Å². The molecule has 1 heterocycles. The highest BCUT2D eigenvalue weighted by molar-refractivity contribution is 6.07. The van der Waals surface area contributed by atoms with Crippen molar-refractivity contribution in [3.8, 4) is 11.1 Å². The number of hydroxylamine groups is 3. The number of pyridine rings is 1. The Morgan fingerprint density at radius 3 is 2.25 bits per heavy atom. The second-order valence-corrected chi connectivity index (χ2v) is 8.51. The second kappa shape index (κ2) is 11.1. The second-order valence-electron chi connectivity index (χ2n) is 8.51. The number of esters is 2. The fourth-order valence-electron chi connectivity index (χ4n) is 3.97. The normalized spacial score (nSPS) is 12.5. The quantitative estimate of drug-likeness (QED) is 0.186. The van der Waals surface area contributed by atoms with Crippen LogP contribution in [0.15, 0.2) is 54.6 Å². The molecule has 1 aromatic heterocycles. The van der Waals surface area contributed by atoms with Gasteiger partial charge in [0.1, 0.15) is 19.7 Å². The van der Waals surface area contributed by atoms with E-state index < -0.39 is 21.5 Å². The number of likely N-dealkylation sites (N-methyl/N-ethyl adjacent to an activating group) is 1. The number of non-ortho nitro benzene ring substituents is 1. The summed E-state index contributed by atoms with van der Waals surface area (Å²) in [6.45, 7) is 3.18. The Morgan fingerprint density at radius 2 is 1.64 bits per heavy atom. The number of benzene rings is 2. The van der Waals surface area contributed by atoms with Crippen LogP contribution in [-0.2, 0) is 16.0 Å². The number of carbonyl (C=O) groups excluding carboxylic acids is 2. The molecule has 3 rings (SSSR count). The van der Waals surface area contributed by atoms with Crippen molar-refractivity contribution >= 4 is 17.6 Å². The largest absolute Gasteiger partial charge is 0.633 e. The summed E-state index contributed by atoms with van der Waals surface area (Å²) in [4.78, 5) is 41.0. The van der Waals surface area contributed by atoms with E-state index in [2.05, 4.69) is 4.98 Å². The molecule has 3 aromatic rings. The standard InChI is InChI=1S/C26H27N3O7/c1-17-22(25(30)35-4)24(20-11-8-12-21(15-20)28(32)33)23(18(2)27-17)26(31)36-14-13-29(3,34)16-19-9-6-5-7-10-19/h5-12,15H,13-14,16H2,1-4H3. The van der Waals surface area contributed by atoms with Crippen molar-refractivity contribution in [3.05, 3.63) is 98.0 Å². The van der Waals surface area contributed by atoms with Crippen LogP contribution in [0, 0.1) is 29.2 Å². The molecule has 0 bridgehead atoms. The molecular weight excluding hydrogens is 466 g/mol. The van der Waals surface area contributed by atoms with Crippen molar-refractivity contribution in [2.45, 2.75) is 20.4 Å². The van der Waals surface area contributed by atoms with Gasteiger partial charge in [0.25, 0.3) is 5.69 Å². The summed E-state index contributed by atoms with van der Waals surface area (Å²) in [7, 11) is 2.68. The van der Waals surface area contributed by atoms with Crippen LogP contribution >= 0.6 is 0 Å². The molecule has 0 spiro atoms. The summed E-state index contributed by atoms with van der Waals surface area (Å²) >= 11 is 0. The molecule has 0 aliphatic heterocycles. The first-order valence-corrected chi connectivity index (χ1v) is 11.1. The summed E-state index contributed by atoms with van der Waals surface area (Å²) in [5, 5.41) is 24.2. The number of aryl methyl sites for hydroxylation is 2. The first kappa shape index (κ1) is 26.5. The molecule has 36 heavy (non-hydrogen) atoms. The molecule has 188 valence electrons. The molecule has 0 N–H and O–H groups in total. The van der Waals surface area contributed by atoms with Crippen molar-refractivity contribution in [2.75, 3.05) is 27.3 Å². The van der Waals surface area contributed by atoms with Crippen LogP contribution in [0.5, 0.6) is 0 Å². The van der Waals surface area contributed by atoms with Gasteiger partial charge in [-0.2, -0.15) is 0 Å². The zero-order valence-corrected chi connectivity index (χ0v) is 20.5. The van der Waals surface area contributed by atoms with Crippen LogP contribution in [0.2, 0.25) is 0 Å². The van der Waals surface area contributed by atoms with Gasteiger partial charge < -0.3 is 19.3 Å². The van der Waals surface area contributed by atoms with Crippen LogP contribution in [0.4, 0.5) is 5.69 Å². The third-order valence-corrected chi connectivity index (χ3v) is 5.66. The zero-order valence-electron chi connectivity index (χ0n) is 20.5. The lowest BCUT2D eigenvalue weighted by Gasteiger charge is -2.38. The van der Waals surface area contributed by atoms with Gasteiger partial charge >= 0.3 is 11.9 Å². The Kier molecular flexibility index (Phi) is 8.13. The van der Waals surface area contributed by atoms with Crippen molar-refractivity contribution in [2.24, 2.45) is 0 Å². The van der Waals surface area contributed by atoms with Gasteiger partial charge in [-0.15, -0.1) is 0 Å². The Balaban J connectivity index is 1.96. The van der Waals surface area contributed by atoms with E-state index in [0.717, 1.165) is 5.56 Å². The smallest absolute Gasteiger partial charge is 0.340 e. The number of nitrogens with zero attached hydrogens (tertiary/aromatic N) is 3. The molecule has 0 aliphatic carbocycles. The minimum atomic E-state index is -0.800. The van der Waals surface area contributed by atoms with Gasteiger partial charge in [-0.3, -0.25) is 15.1 Å². The first-order valence-electron chi connectivity index (χ1n) is 11.1. The zero-order chi connectivity index (χ0) is 26.5. The van der Waals surface area contributed by atoms with Crippen LogP contribution < -0.4 is 0 Å². The molecule has 0 aliphatic rings. The van der Waals surface area contributed by atoms with Gasteiger partial charge in [0, 0.05) is 23.3 Å². The van der Waals surface area contributed by atoms with Gasteiger partial charge in [-0.1, -0.05) is 42.5 Å². The highest BCUT2D eigenvalue weighted by Gasteiger charge is 2.28. The lowest BCUT2D eigenvalue weighted by atomic mass is 9.92. The summed E-state index contributed by atoms with van der Waals surface area (Å²) in [6.07, 6.45) is 0. The van der Waals surface area contributed by atoms with E-state index in [1.165, 1.54) is 32.4 Å². The number of rotatable bonds is 9. The van der Waals surface area contributed by atoms with E-state index in [1.807, 2.05) is 30.3 Å². The maximum atomic E-state index is 13.2. The Hall–Kier alpha value is -4.15. The molecular formula is C26H27N3O7. The summed E-state index contributed by atoms with van der Waals surface area (Å²) in [6, 6.07) is 14.8. The van der Waals surface area contributed by atoms with Gasteiger partial charge in [-0.25, -0.2) is 9.59 Å². The Labute approximate surface area is 208 Å². The van der Waals surface area contributed by atoms with Crippen LogP contribution in [0.3, 0.4) is 0 Å². The number of aromatic nitrogens is 1. The number of hydrogen-bond acceptors (Lipinski definition) is 8. The van der Waals surface area contributed by atoms with E-state index >= 15 is 0 Å². The summed E-state index contributed by atoms with van der Waals surface area (Å²) in [5.74, 6) is -1.55. The number of nitro groups is 1. The molecule has 10 heteroatoms. The van der Waals surface area contributed by atoms with Crippen molar-refractivity contribution in [1.82, 2.24) is 4.98 Å². The predicted octanol–water partition coefficient (Wildman–Crippen LogP) is 4.36. The highest BCUT2D eigenvalue weighted by Crippen LogP contribution is 2.34. The molecule has 0 radical (unpaired) electrons. The molecule has 0 amide bonds. The fourth-order valence-corrected chi connectivity index (χ4v) is 3.97. The van der Waals surface area contributed by atoms with Crippen molar-refractivity contribution < 1.29 is 28.6 Å². The Morgan fingerprint density at radius 1 is 1.00 bits per heavy atom. The van der Waals surface area contributed by atoms with Gasteiger partial charge in [0.2, 0.25) is 0 Å². The van der Waals surface area contributed by atoms with Gasteiger partial charge in [-0.05, 0) is 19.4 Å². The number of nitro benzene ring substituents is 1. The molecule has 2 aromatic carbocycles. The topological polar surface area (TPSA) is 132 Å². The number of hydrogen-bond donors (Lipinski definition) is 0. The van der Waals surface area contributed by atoms with E-state index in [9.17, 15) is 24.9 Å². The van der Waals surface area contributed by atoms with E-state index in [4.69, 9.17) is 9.47 Å². The minimum absolute atomic E-state index is 0.00377. The maximum absolute atomic E-state index is 13.2. The average molecular weight is 494 g/mol. The fraction of sp³-hybridized carbons (Fsp3) is 0.269. The minimum Gasteiger partial charge on any atom is -0.633 e. The van der Waals surface area contributed by atoms with Crippen LogP contribution in [-0.4, -0.2) is 53.8 Å². The van der Waals surface area contributed by atoms with Gasteiger partial charge in [0.15, 0.2) is 0 Å².